The minimum atomic E-state index is -1.62. The van der Waals surface area contributed by atoms with E-state index in [4.69, 9.17) is 37.9 Å². The normalized spacial score (nSPS) is 15.8. The van der Waals surface area contributed by atoms with Crippen molar-refractivity contribution in [2.45, 2.75) is 50.0 Å². The van der Waals surface area contributed by atoms with Gasteiger partial charge in [0.15, 0.2) is 0 Å². The highest BCUT2D eigenvalue weighted by atomic mass is 16.6. The first-order valence-corrected chi connectivity index (χ1v) is 31.8. The molecule has 2 aromatic heterocycles. The number of para-hydroxylation sites is 4. The quantitative estimate of drug-likeness (QED) is 0.0168. The Morgan fingerprint density at radius 1 is 0.408 bits per heavy atom. The third-order valence-electron chi connectivity index (χ3n) is 17.4. The number of esters is 2. The maximum Gasteiger partial charge on any atom is 0.329 e. The Morgan fingerprint density at radius 3 is 0.969 bits per heavy atom. The predicted octanol–water partition coefficient (Wildman–Crippen LogP) is 11.0. The highest BCUT2D eigenvalue weighted by Crippen LogP contribution is 2.58. The second-order valence-corrected chi connectivity index (χ2v) is 23.8. The minimum Gasteiger partial charge on any atom is -0.464 e. The summed E-state index contributed by atoms with van der Waals surface area (Å²) < 4.78 is 50.4. The molecule has 4 unspecified atom stereocenters. The van der Waals surface area contributed by atoms with Crippen molar-refractivity contribution >= 4 is 90.5 Å². The number of rotatable bonds is 26. The highest BCUT2D eigenvalue weighted by molar-refractivity contribution is 6.45. The summed E-state index contributed by atoms with van der Waals surface area (Å²) in [6, 6.07) is 44.2. The Bertz CT molecular complexity index is 4440. The largest absolute Gasteiger partial charge is 0.464 e. The second kappa shape index (κ2) is 26.6. The van der Waals surface area contributed by atoms with Gasteiger partial charge in [0, 0.05) is 93.8 Å². The van der Waals surface area contributed by atoms with E-state index in [-0.39, 0.29) is 153 Å². The number of aromatic nitrogens is 2. The maximum absolute atomic E-state index is 16.2. The molecule has 98 heavy (non-hydrogen) atoms. The number of nitrogens with one attached hydrogen (secondary N) is 2. The van der Waals surface area contributed by atoms with E-state index in [2.05, 4.69) is 20.6 Å². The number of hydrogen-bond donors (Lipinski definition) is 2. The number of epoxide rings is 2. The number of hydrogen-bond acceptors (Lipinski definition) is 18. The molecular formula is C76H58N6O16. The average Bonchev–Trinajstić information content (AvgIpc) is 1.17. The third-order valence-corrected chi connectivity index (χ3v) is 17.4. The fourth-order valence-corrected chi connectivity index (χ4v) is 12.6. The number of nitrogens with zero attached hydrogens (tertiary/aromatic N) is 4. The molecule has 4 aliphatic heterocycles. The Morgan fingerprint density at radius 2 is 0.694 bits per heavy atom. The topological polar surface area (TPSA) is 273 Å². The van der Waals surface area contributed by atoms with Crippen LogP contribution in [0.4, 0.5) is 0 Å². The molecule has 4 atom stereocenters. The lowest BCUT2D eigenvalue weighted by atomic mass is 9.80. The molecule has 0 spiro atoms. The number of amides is 6. The lowest BCUT2D eigenvalue weighted by molar-refractivity contribution is -0.150. The molecule has 488 valence electrons. The van der Waals surface area contributed by atoms with Crippen molar-refractivity contribution < 1.29 is 76.3 Å². The van der Waals surface area contributed by atoms with Crippen LogP contribution in [0.1, 0.15) is 65.4 Å². The molecule has 0 radical (unpaired) electrons. The molecule has 15 rings (SSSR count). The molecule has 0 aliphatic carbocycles. The smallest absolute Gasteiger partial charge is 0.329 e. The molecule has 2 saturated heterocycles. The number of carbonyl (C=O) groups is 8. The minimum absolute atomic E-state index is 0.0147. The Balaban J connectivity index is 0.990. The van der Waals surface area contributed by atoms with Crippen LogP contribution < -0.4 is 29.6 Å². The molecule has 9 aromatic carbocycles. The number of pyridine rings is 2. The Hall–Kier alpha value is -12.1. The van der Waals surface area contributed by atoms with Crippen LogP contribution >= 0.6 is 0 Å². The van der Waals surface area contributed by atoms with E-state index in [0.717, 1.165) is 9.80 Å². The molecule has 22 heteroatoms. The first-order chi connectivity index (χ1) is 47.9. The van der Waals surface area contributed by atoms with Gasteiger partial charge in [-0.25, -0.2) is 9.59 Å². The molecule has 22 nitrogen and oxygen atoms in total. The predicted molar refractivity (Wildman–Crippen MR) is 355 cm³/mol. The van der Waals surface area contributed by atoms with E-state index >= 15 is 19.2 Å². The van der Waals surface area contributed by atoms with Gasteiger partial charge in [-0.05, 0) is 108 Å². The summed E-state index contributed by atoms with van der Waals surface area (Å²) in [5.74, 6) is -5.13. The van der Waals surface area contributed by atoms with E-state index in [9.17, 15) is 19.2 Å². The van der Waals surface area contributed by atoms with Gasteiger partial charge in [0.05, 0.1) is 60.5 Å². The third kappa shape index (κ3) is 12.4. The van der Waals surface area contributed by atoms with Crippen molar-refractivity contribution in [2.75, 3.05) is 39.5 Å². The van der Waals surface area contributed by atoms with Gasteiger partial charge in [-0.2, -0.15) is 0 Å². The monoisotopic (exact) mass is 1310 g/mol. The summed E-state index contributed by atoms with van der Waals surface area (Å²) >= 11 is 0. The lowest BCUT2D eigenvalue weighted by Crippen LogP contribution is -2.52. The van der Waals surface area contributed by atoms with Crippen LogP contribution in [0.5, 0.6) is 46.0 Å². The molecule has 0 bridgehead atoms. The van der Waals surface area contributed by atoms with Crippen molar-refractivity contribution in [1.82, 2.24) is 30.4 Å². The van der Waals surface area contributed by atoms with E-state index in [1.165, 1.54) is 49.1 Å². The fraction of sp³-hybridized carbons (Fsp3) is 0.184. The average molecular weight is 1310 g/mol. The van der Waals surface area contributed by atoms with E-state index in [1.807, 2.05) is 0 Å². The van der Waals surface area contributed by atoms with Gasteiger partial charge >= 0.3 is 11.9 Å². The maximum atomic E-state index is 16.2. The van der Waals surface area contributed by atoms with Gasteiger partial charge in [0.2, 0.25) is 11.8 Å². The zero-order valence-electron chi connectivity index (χ0n) is 52.2. The van der Waals surface area contributed by atoms with Crippen LogP contribution in [0.15, 0.2) is 195 Å². The van der Waals surface area contributed by atoms with Gasteiger partial charge in [0.25, 0.3) is 23.6 Å². The summed E-state index contributed by atoms with van der Waals surface area (Å²) in [7, 11) is 0. The molecule has 0 saturated carbocycles. The number of fused-ring (bicyclic) bond motifs is 2. The van der Waals surface area contributed by atoms with Crippen molar-refractivity contribution in [1.29, 1.82) is 0 Å². The molecule has 4 aliphatic rings. The Kier molecular flexibility index (Phi) is 16.8. The van der Waals surface area contributed by atoms with Gasteiger partial charge < -0.3 is 48.5 Å². The van der Waals surface area contributed by atoms with Gasteiger partial charge in [-0.1, -0.05) is 72.8 Å². The summed E-state index contributed by atoms with van der Waals surface area (Å²) in [6.45, 7) is 0.842. The molecule has 6 amide bonds. The summed E-state index contributed by atoms with van der Waals surface area (Å²) in [4.78, 5) is 130. The molecule has 6 heterocycles. The van der Waals surface area contributed by atoms with Gasteiger partial charge in [-0.3, -0.25) is 48.5 Å². The van der Waals surface area contributed by atoms with Crippen LogP contribution in [0.25, 0.3) is 43.1 Å². The van der Waals surface area contributed by atoms with Crippen molar-refractivity contribution in [3.05, 3.63) is 228 Å². The van der Waals surface area contributed by atoms with Crippen LogP contribution in [-0.2, 0) is 51.0 Å². The van der Waals surface area contributed by atoms with Crippen LogP contribution in [0.2, 0.25) is 0 Å². The van der Waals surface area contributed by atoms with Gasteiger partial charge in [0.1, 0.15) is 71.3 Å². The van der Waals surface area contributed by atoms with Crippen molar-refractivity contribution in [3.8, 4) is 46.0 Å². The number of benzene rings is 9. The number of carbonyl (C=O) groups excluding carboxylic acids is 8. The van der Waals surface area contributed by atoms with Crippen LogP contribution in [-0.4, -0.2) is 131 Å². The van der Waals surface area contributed by atoms with Crippen LogP contribution in [0, 0.1) is 0 Å². The number of ether oxygens (including phenoxy) is 8. The summed E-state index contributed by atoms with van der Waals surface area (Å²) in [6.07, 6.45) is 4.98. The lowest BCUT2D eigenvalue weighted by Gasteiger charge is -2.35. The standard InChI is InChI=1S/C76H58N6O16/c83-61(79-39-49-41-93-49)25-31-91-75(89)55(33-43-21-27-77-28-22-43)81-71(85)51-35-57(95-45-13-5-1-6-14-45)65-66-58(96-46-15-7-2-8-16-46)36-53-64-54(74(88)82(73(53)87)56(34-44-23-29-78-30-24-44)76(90)92-32-26-62(84)80-40-50-42-94-50)38-60(98-48-19-11-4-12-20-48)68(70(64)66)67-59(97-47-17-9-3-10-18-47)37-52(72(81)86)63(51)69(65)67/h1-24,27-30,35-38,49-50,55-56H,25-26,31-34,39-42H2,(H,79,83)(H,80,84). The van der Waals surface area contributed by atoms with E-state index in [1.54, 1.807) is 146 Å². The summed E-state index contributed by atoms with van der Waals surface area (Å²) in [5, 5.41) is 7.04. The second-order valence-electron chi connectivity index (χ2n) is 23.8. The molecule has 2 N–H and O–H groups in total. The van der Waals surface area contributed by atoms with Crippen molar-refractivity contribution in [2.24, 2.45) is 0 Å². The number of imide groups is 2. The van der Waals surface area contributed by atoms with E-state index < -0.39 is 59.5 Å². The zero-order valence-corrected chi connectivity index (χ0v) is 52.2. The van der Waals surface area contributed by atoms with Crippen LogP contribution in [0.3, 0.4) is 0 Å². The zero-order chi connectivity index (χ0) is 67.0. The SMILES string of the molecule is O=C(CCOC(=O)C(Cc1ccncc1)N1C(=O)c2cc(Oc3ccccc3)c3c4c(Oc5ccccc5)cc5c6c(cc(Oc7ccccc7)c(c7c(Oc8ccccc8)cc(c2c37)C1=O)c64)C(=O)N(C(Cc1ccncc1)C(=O)OCCC(=O)NCC1CO1)C5=O)NCC1CO1. The highest BCUT2D eigenvalue weighted by Gasteiger charge is 2.47. The molecular weight excluding hydrogens is 1250 g/mol. The summed E-state index contributed by atoms with van der Waals surface area (Å²) in [5.41, 5.74) is 0.707. The molecule has 11 aromatic rings. The fourth-order valence-electron chi connectivity index (χ4n) is 12.6. The first kappa shape index (κ1) is 62.0. The first-order valence-electron chi connectivity index (χ1n) is 31.8. The molecule has 2 fully saturated rings. The van der Waals surface area contributed by atoms with Gasteiger partial charge in [-0.15, -0.1) is 0 Å². The van der Waals surface area contributed by atoms with Crippen molar-refractivity contribution in [3.63, 3.8) is 0 Å². The Labute approximate surface area is 558 Å². The van der Waals surface area contributed by atoms with E-state index in [0.29, 0.717) is 47.3 Å².